The summed E-state index contributed by atoms with van der Waals surface area (Å²) in [4.78, 5) is 0. The molecule has 0 unspecified atom stereocenters. The molecule has 140 valence electrons. The lowest BCUT2D eigenvalue weighted by molar-refractivity contribution is -0.0324. The molecule has 0 radical (unpaired) electrons. The predicted octanol–water partition coefficient (Wildman–Crippen LogP) is 6.27. The van der Waals surface area contributed by atoms with Gasteiger partial charge in [0, 0.05) is 25.8 Å². The summed E-state index contributed by atoms with van der Waals surface area (Å²) in [7, 11) is 0. The zero-order chi connectivity index (χ0) is 19.1. The molecule has 0 N–H and O–H groups in total. The first-order chi connectivity index (χ1) is 13.7. The molecule has 2 nitrogen and oxygen atoms in total. The zero-order valence-electron chi connectivity index (χ0n) is 15.9. The second kappa shape index (κ2) is 7.05. The van der Waals surface area contributed by atoms with Crippen molar-refractivity contribution in [3.05, 3.63) is 105 Å². The minimum Gasteiger partial charge on any atom is -0.347 e. The van der Waals surface area contributed by atoms with E-state index in [1.807, 2.05) is 0 Å². The fraction of sp³-hybridized carbons (Fsp3) is 0.200. The van der Waals surface area contributed by atoms with Crippen molar-refractivity contribution in [2.45, 2.75) is 25.5 Å². The highest BCUT2D eigenvalue weighted by Gasteiger charge is 2.42. The van der Waals surface area contributed by atoms with Gasteiger partial charge in [-0.15, -0.1) is 0 Å². The number of nitrogens with zero attached hydrogens (tertiary/aromatic N) is 1. The van der Waals surface area contributed by atoms with Gasteiger partial charge in [-0.25, -0.2) is 0 Å². The molecule has 0 bridgehead atoms. The van der Waals surface area contributed by atoms with Crippen molar-refractivity contribution in [2.75, 3.05) is 6.61 Å². The third kappa shape index (κ3) is 2.64. The Morgan fingerprint density at radius 2 is 1.54 bits per heavy atom. The summed E-state index contributed by atoms with van der Waals surface area (Å²) in [5, 5.41) is 1.32. The first-order valence-corrected chi connectivity index (χ1v) is 10.8. The Hall–Kier alpha value is -2.11. The number of halogens is 1. The second-order valence-corrected chi connectivity index (χ2v) is 8.52. The molecule has 0 atom stereocenters. The Balaban J connectivity index is 1.95. The van der Waals surface area contributed by atoms with Crippen molar-refractivity contribution in [3.63, 3.8) is 0 Å². The number of rotatable bonds is 2. The van der Waals surface area contributed by atoms with E-state index < -0.39 is 5.72 Å². The average molecular weight is 479 g/mol. The quantitative estimate of drug-likeness (QED) is 0.310. The van der Waals surface area contributed by atoms with Crippen LogP contribution in [0.5, 0.6) is 0 Å². The van der Waals surface area contributed by atoms with E-state index >= 15 is 0 Å². The monoisotopic (exact) mass is 479 g/mol. The lowest BCUT2D eigenvalue weighted by Gasteiger charge is -2.37. The van der Waals surface area contributed by atoms with Crippen molar-refractivity contribution in [1.82, 2.24) is 4.57 Å². The molecule has 3 aromatic carbocycles. The second-order valence-electron chi connectivity index (χ2n) is 7.44. The van der Waals surface area contributed by atoms with Gasteiger partial charge in [0.25, 0.3) is 0 Å². The van der Waals surface area contributed by atoms with Crippen molar-refractivity contribution in [1.29, 1.82) is 0 Å². The van der Waals surface area contributed by atoms with E-state index in [0.29, 0.717) is 0 Å². The minimum absolute atomic E-state index is 0.661. The maximum absolute atomic E-state index is 6.80. The van der Waals surface area contributed by atoms with E-state index in [4.69, 9.17) is 4.74 Å². The number of benzene rings is 3. The van der Waals surface area contributed by atoms with Gasteiger partial charge in [0.05, 0.1) is 12.1 Å². The molecule has 1 aromatic heterocycles. The maximum Gasteiger partial charge on any atom is 0.197 e. The van der Waals surface area contributed by atoms with Gasteiger partial charge in [0.2, 0.25) is 0 Å². The molecule has 0 aliphatic carbocycles. The molecule has 0 spiro atoms. The lowest BCUT2D eigenvalue weighted by atomic mass is 9.93. The van der Waals surface area contributed by atoms with Crippen LogP contribution in [-0.2, 0) is 16.9 Å². The summed E-state index contributed by atoms with van der Waals surface area (Å²) in [6, 6.07) is 28.1. The molecular weight excluding hydrogens is 457 g/mol. The number of hydrogen-bond acceptors (Lipinski definition) is 1. The van der Waals surface area contributed by atoms with Crippen LogP contribution in [0.3, 0.4) is 0 Å². The summed E-state index contributed by atoms with van der Waals surface area (Å²) in [6.45, 7) is 2.89. The Labute approximate surface area is 179 Å². The van der Waals surface area contributed by atoms with Crippen LogP contribution in [-0.4, -0.2) is 11.2 Å². The van der Waals surface area contributed by atoms with Crippen LogP contribution in [0, 0.1) is 10.5 Å². The van der Waals surface area contributed by atoms with Crippen molar-refractivity contribution >= 4 is 33.5 Å². The summed E-state index contributed by atoms with van der Waals surface area (Å²) < 4.78 is 10.6. The van der Waals surface area contributed by atoms with Crippen LogP contribution in [0.4, 0.5) is 0 Å². The number of hydrogen-bond donors (Lipinski definition) is 0. The van der Waals surface area contributed by atoms with Crippen LogP contribution in [0.1, 0.15) is 28.8 Å². The molecule has 5 rings (SSSR count). The molecule has 4 aromatic rings. The van der Waals surface area contributed by atoms with Gasteiger partial charge >= 0.3 is 0 Å². The van der Waals surface area contributed by atoms with Crippen molar-refractivity contribution < 1.29 is 4.74 Å². The SMILES string of the molecule is Cc1ccc2c(c1)c(I)c1n2C(c2ccccc2)(c2ccccc2)OCCC1. The van der Waals surface area contributed by atoms with E-state index in [9.17, 15) is 0 Å². The predicted molar refractivity (Wildman–Crippen MR) is 123 cm³/mol. The zero-order valence-corrected chi connectivity index (χ0v) is 18.0. The molecular formula is C25H22INO. The molecule has 0 fully saturated rings. The number of aryl methyl sites for hydroxylation is 1. The van der Waals surface area contributed by atoms with Gasteiger partial charge in [0.15, 0.2) is 5.72 Å². The van der Waals surface area contributed by atoms with E-state index in [1.54, 1.807) is 0 Å². The van der Waals surface area contributed by atoms with Crippen LogP contribution < -0.4 is 0 Å². The third-order valence-corrected chi connectivity index (χ3v) is 6.87. The highest BCUT2D eigenvalue weighted by atomic mass is 127. The minimum atomic E-state index is -0.661. The highest BCUT2D eigenvalue weighted by Crippen LogP contribution is 2.44. The molecule has 1 aliphatic heterocycles. The van der Waals surface area contributed by atoms with Crippen molar-refractivity contribution in [3.8, 4) is 0 Å². The van der Waals surface area contributed by atoms with Gasteiger partial charge in [-0.2, -0.15) is 0 Å². The van der Waals surface area contributed by atoms with E-state index in [2.05, 4.69) is 113 Å². The summed E-state index contributed by atoms with van der Waals surface area (Å²) in [5.41, 5.74) is 5.56. The highest BCUT2D eigenvalue weighted by molar-refractivity contribution is 14.1. The Bertz CT molecular complexity index is 1090. The van der Waals surface area contributed by atoms with Crippen LogP contribution in [0.15, 0.2) is 78.9 Å². The molecule has 0 saturated heterocycles. The molecule has 2 heterocycles. The molecule has 3 heteroatoms. The number of fused-ring (bicyclic) bond motifs is 3. The average Bonchev–Trinajstić information content (AvgIpc) is 2.90. The van der Waals surface area contributed by atoms with Gasteiger partial charge < -0.3 is 9.30 Å². The van der Waals surface area contributed by atoms with Gasteiger partial charge in [-0.05, 0) is 54.5 Å². The first-order valence-electron chi connectivity index (χ1n) is 9.77. The van der Waals surface area contributed by atoms with Gasteiger partial charge in [-0.1, -0.05) is 72.3 Å². The largest absolute Gasteiger partial charge is 0.347 e. The molecule has 28 heavy (non-hydrogen) atoms. The molecule has 0 amide bonds. The van der Waals surface area contributed by atoms with Gasteiger partial charge in [-0.3, -0.25) is 0 Å². The van der Waals surface area contributed by atoms with E-state index in [1.165, 1.54) is 36.9 Å². The first kappa shape index (κ1) is 18.0. The van der Waals surface area contributed by atoms with Crippen LogP contribution >= 0.6 is 22.6 Å². The summed E-state index contributed by atoms with van der Waals surface area (Å²) >= 11 is 2.53. The number of ether oxygens (including phenoxy) is 1. The topological polar surface area (TPSA) is 14.2 Å². The Morgan fingerprint density at radius 1 is 0.893 bits per heavy atom. The molecule has 1 aliphatic rings. The summed E-state index contributed by atoms with van der Waals surface area (Å²) in [5.74, 6) is 0. The fourth-order valence-electron chi connectivity index (χ4n) is 4.44. The Kier molecular flexibility index (Phi) is 4.52. The van der Waals surface area contributed by atoms with E-state index in [0.717, 1.165) is 19.4 Å². The summed E-state index contributed by atoms with van der Waals surface area (Å²) in [6.07, 6.45) is 2.04. The number of aromatic nitrogens is 1. The standard InChI is InChI=1S/C25H22INO/c1-18-14-15-22-21(17-18)24(26)23-13-8-16-28-25(27(22)23,19-9-4-2-5-10-19)20-11-6-3-7-12-20/h2-7,9-12,14-15,17H,8,13,16H2,1H3. The van der Waals surface area contributed by atoms with Gasteiger partial charge in [0.1, 0.15) is 0 Å². The smallest absolute Gasteiger partial charge is 0.197 e. The van der Waals surface area contributed by atoms with Crippen LogP contribution in [0.2, 0.25) is 0 Å². The lowest BCUT2D eigenvalue weighted by Crippen LogP contribution is -2.39. The van der Waals surface area contributed by atoms with Crippen LogP contribution in [0.25, 0.3) is 10.9 Å². The fourth-order valence-corrected chi connectivity index (χ4v) is 5.39. The van der Waals surface area contributed by atoms with E-state index in [-0.39, 0.29) is 0 Å². The molecule has 0 saturated carbocycles. The normalized spacial score (nSPS) is 15.9. The Morgan fingerprint density at radius 3 is 2.18 bits per heavy atom. The maximum atomic E-state index is 6.80. The third-order valence-electron chi connectivity index (χ3n) is 5.67. The van der Waals surface area contributed by atoms with Crippen molar-refractivity contribution in [2.24, 2.45) is 0 Å².